The first kappa shape index (κ1) is 13.6. The van der Waals surface area contributed by atoms with Gasteiger partial charge in [-0.1, -0.05) is 18.2 Å². The molecule has 4 heteroatoms. The Kier molecular flexibility index (Phi) is 11.4. The van der Waals surface area contributed by atoms with E-state index in [1.807, 2.05) is 19.1 Å². The van der Waals surface area contributed by atoms with Crippen molar-refractivity contribution in [1.82, 2.24) is 5.32 Å². The van der Waals surface area contributed by atoms with Gasteiger partial charge in [0, 0.05) is 6.20 Å². The molecule has 3 N–H and O–H groups in total. The summed E-state index contributed by atoms with van der Waals surface area (Å²) in [5, 5.41) is 2.36. The molecule has 0 rings (SSSR count). The van der Waals surface area contributed by atoms with Crippen molar-refractivity contribution in [3.05, 3.63) is 24.4 Å². The van der Waals surface area contributed by atoms with Crippen molar-refractivity contribution in [3.63, 3.8) is 0 Å². The van der Waals surface area contributed by atoms with E-state index in [0.29, 0.717) is 0 Å². The average molecular weight is 191 g/mol. The molecule has 0 aromatic rings. The van der Waals surface area contributed by atoms with Gasteiger partial charge >= 0.3 is 6.03 Å². The highest BCUT2D eigenvalue weighted by atomic mass is 35.5. The van der Waals surface area contributed by atoms with Crippen molar-refractivity contribution in [3.8, 4) is 0 Å². The van der Waals surface area contributed by atoms with Gasteiger partial charge in [-0.2, -0.15) is 0 Å². The quantitative estimate of drug-likeness (QED) is 0.517. The summed E-state index contributed by atoms with van der Waals surface area (Å²) in [6.07, 6.45) is 9.40. The van der Waals surface area contributed by atoms with Crippen molar-refractivity contribution in [2.24, 2.45) is 5.73 Å². The number of primary amides is 1. The van der Waals surface area contributed by atoms with E-state index in [-0.39, 0.29) is 12.4 Å². The number of carbonyl (C=O) groups is 1. The first-order valence-corrected chi connectivity index (χ1v) is 3.59. The maximum Gasteiger partial charge on any atom is 0.316 e. The molecule has 2 amide bonds. The Bertz CT molecular complexity index is 166. The molecule has 0 saturated carbocycles. The molecule has 12 heavy (non-hydrogen) atoms. The van der Waals surface area contributed by atoms with Crippen molar-refractivity contribution in [1.29, 1.82) is 0 Å². The van der Waals surface area contributed by atoms with Crippen molar-refractivity contribution in [2.45, 2.75) is 19.8 Å². The zero-order valence-electron chi connectivity index (χ0n) is 7.12. The van der Waals surface area contributed by atoms with Crippen LogP contribution in [0.25, 0.3) is 0 Å². The minimum Gasteiger partial charge on any atom is -0.351 e. The Hall–Kier alpha value is -0.960. The summed E-state index contributed by atoms with van der Waals surface area (Å²) in [7, 11) is 0. The van der Waals surface area contributed by atoms with E-state index >= 15 is 0 Å². The molecule has 0 spiro atoms. The lowest BCUT2D eigenvalue weighted by Crippen LogP contribution is -2.23. The zero-order valence-corrected chi connectivity index (χ0v) is 7.93. The first-order valence-electron chi connectivity index (χ1n) is 3.59. The topological polar surface area (TPSA) is 55.1 Å². The second-order valence-electron chi connectivity index (χ2n) is 2.06. The largest absolute Gasteiger partial charge is 0.351 e. The fourth-order valence-electron chi connectivity index (χ4n) is 0.584. The van der Waals surface area contributed by atoms with Crippen LogP contribution >= 0.6 is 12.4 Å². The van der Waals surface area contributed by atoms with Crippen LogP contribution in [0.2, 0.25) is 0 Å². The first-order chi connectivity index (χ1) is 5.27. The summed E-state index contributed by atoms with van der Waals surface area (Å²) in [6.45, 7) is 1.98. The zero-order chi connectivity index (χ0) is 8.53. The number of allylic oxidation sites excluding steroid dienone is 3. The highest BCUT2D eigenvalue weighted by Gasteiger charge is 1.81. The van der Waals surface area contributed by atoms with Crippen LogP contribution in [0.3, 0.4) is 0 Å². The van der Waals surface area contributed by atoms with Gasteiger partial charge < -0.3 is 11.1 Å². The van der Waals surface area contributed by atoms with Gasteiger partial charge in [0.05, 0.1) is 0 Å². The highest BCUT2D eigenvalue weighted by Crippen LogP contribution is 1.90. The lowest BCUT2D eigenvalue weighted by Gasteiger charge is -1.89. The number of nitrogens with one attached hydrogen (secondary N) is 1. The number of halogens is 1. The van der Waals surface area contributed by atoms with Crippen LogP contribution in [0.15, 0.2) is 24.4 Å². The molecule has 0 bridgehead atoms. The number of hydrogen-bond donors (Lipinski definition) is 2. The van der Waals surface area contributed by atoms with Crippen molar-refractivity contribution < 1.29 is 4.79 Å². The van der Waals surface area contributed by atoms with E-state index in [9.17, 15) is 4.79 Å². The minimum atomic E-state index is -0.521. The third kappa shape index (κ3) is 11.8. The summed E-state index contributed by atoms with van der Waals surface area (Å²) in [4.78, 5) is 10.1. The molecule has 0 aromatic carbocycles. The highest BCUT2D eigenvalue weighted by molar-refractivity contribution is 5.85. The summed E-state index contributed by atoms with van der Waals surface area (Å²) in [5.74, 6) is 0. The Morgan fingerprint density at radius 3 is 2.50 bits per heavy atom. The lowest BCUT2D eigenvalue weighted by atomic mass is 10.3. The van der Waals surface area contributed by atoms with E-state index in [1.165, 1.54) is 0 Å². The van der Waals surface area contributed by atoms with E-state index < -0.39 is 6.03 Å². The van der Waals surface area contributed by atoms with Crippen LogP contribution in [-0.4, -0.2) is 6.03 Å². The molecule has 0 fully saturated rings. The molecule has 70 valence electrons. The fourth-order valence-corrected chi connectivity index (χ4v) is 0.584. The van der Waals surface area contributed by atoms with Gasteiger partial charge in [0.1, 0.15) is 0 Å². The number of hydrogen-bond acceptors (Lipinski definition) is 1. The van der Waals surface area contributed by atoms with Gasteiger partial charge in [-0.25, -0.2) is 4.79 Å². The molecular formula is C8H15ClN2O. The van der Waals surface area contributed by atoms with Crippen LogP contribution in [0.1, 0.15) is 19.8 Å². The third-order valence-corrected chi connectivity index (χ3v) is 1.08. The number of rotatable bonds is 4. The van der Waals surface area contributed by atoms with E-state index in [0.717, 1.165) is 12.8 Å². The van der Waals surface area contributed by atoms with Gasteiger partial charge in [0.2, 0.25) is 0 Å². The molecule has 0 heterocycles. The van der Waals surface area contributed by atoms with Crippen LogP contribution < -0.4 is 11.1 Å². The fraction of sp³-hybridized carbons (Fsp3) is 0.375. The van der Waals surface area contributed by atoms with Gasteiger partial charge in [0.15, 0.2) is 0 Å². The maximum absolute atomic E-state index is 10.1. The van der Waals surface area contributed by atoms with E-state index in [1.54, 1.807) is 6.20 Å². The van der Waals surface area contributed by atoms with Gasteiger partial charge in [-0.05, 0) is 19.8 Å². The molecule has 0 aliphatic rings. The Morgan fingerprint density at radius 1 is 1.42 bits per heavy atom. The summed E-state index contributed by atoms with van der Waals surface area (Å²) in [6, 6.07) is -0.521. The molecular weight excluding hydrogens is 176 g/mol. The average Bonchev–Trinajstić information content (AvgIpc) is 1.96. The molecule has 0 unspecified atom stereocenters. The van der Waals surface area contributed by atoms with E-state index in [4.69, 9.17) is 5.73 Å². The number of carbonyl (C=O) groups excluding carboxylic acids is 1. The smallest absolute Gasteiger partial charge is 0.316 e. The Balaban J connectivity index is 0. The molecule has 0 aromatic heterocycles. The summed E-state index contributed by atoms with van der Waals surface area (Å²) >= 11 is 0. The third-order valence-electron chi connectivity index (χ3n) is 1.08. The normalized spacial score (nSPS) is 10.1. The van der Waals surface area contributed by atoms with Crippen LogP contribution in [0.4, 0.5) is 4.79 Å². The van der Waals surface area contributed by atoms with Crippen LogP contribution in [0, 0.1) is 0 Å². The predicted molar refractivity (Wildman–Crippen MR) is 53.2 cm³/mol. The molecule has 0 aliphatic heterocycles. The standard InChI is InChI=1S/C8H14N2O.ClH/c1-2-3-4-5-6-7-10-8(9)11;/h2-3,6-7H,4-5H2,1H3,(H3,9,10,11);1H. The van der Waals surface area contributed by atoms with Crippen molar-refractivity contribution >= 4 is 18.4 Å². The maximum atomic E-state index is 10.1. The van der Waals surface area contributed by atoms with E-state index in [2.05, 4.69) is 11.4 Å². The number of unbranched alkanes of at least 4 members (excludes halogenated alkanes) is 1. The van der Waals surface area contributed by atoms with Gasteiger partial charge in [-0.3, -0.25) is 0 Å². The number of amides is 2. The van der Waals surface area contributed by atoms with Gasteiger partial charge in [-0.15, -0.1) is 12.4 Å². The molecule has 0 atom stereocenters. The SMILES string of the molecule is CC=CCCC=CNC(N)=O.Cl. The molecule has 0 saturated heterocycles. The lowest BCUT2D eigenvalue weighted by molar-refractivity contribution is 0.252. The molecule has 0 radical (unpaired) electrons. The summed E-state index contributed by atoms with van der Waals surface area (Å²) < 4.78 is 0. The minimum absolute atomic E-state index is 0. The molecule has 0 aliphatic carbocycles. The monoisotopic (exact) mass is 190 g/mol. The van der Waals surface area contributed by atoms with Crippen LogP contribution in [0.5, 0.6) is 0 Å². The van der Waals surface area contributed by atoms with Crippen molar-refractivity contribution in [2.75, 3.05) is 0 Å². The Labute approximate surface area is 79.1 Å². The van der Waals surface area contributed by atoms with Gasteiger partial charge in [0.25, 0.3) is 0 Å². The summed E-state index contributed by atoms with van der Waals surface area (Å²) in [5.41, 5.74) is 4.82. The number of urea groups is 1. The second-order valence-corrected chi connectivity index (χ2v) is 2.06. The van der Waals surface area contributed by atoms with Crippen LogP contribution in [-0.2, 0) is 0 Å². The predicted octanol–water partition coefficient (Wildman–Crippen LogP) is 1.95. The number of nitrogens with two attached hydrogens (primary N) is 1. The molecule has 3 nitrogen and oxygen atoms in total. The second kappa shape index (κ2) is 10.0. The Morgan fingerprint density at radius 2 is 2.00 bits per heavy atom.